The third-order valence-electron chi connectivity index (χ3n) is 4.41. The van der Waals surface area contributed by atoms with E-state index in [1.807, 2.05) is 29.7 Å². The molecule has 1 aromatic carbocycles. The Balaban J connectivity index is 2.02. The maximum absolute atomic E-state index is 10.2. The Kier molecular flexibility index (Phi) is 5.43. The number of anilines is 1. The zero-order chi connectivity index (χ0) is 19.4. The third kappa shape index (κ3) is 4.44. The summed E-state index contributed by atoms with van der Waals surface area (Å²) in [5, 5.41) is 13.5. The molecule has 0 unspecified atom stereocenters. The molecule has 1 atom stereocenters. The van der Waals surface area contributed by atoms with Gasteiger partial charge in [-0.25, -0.2) is 15.0 Å². The van der Waals surface area contributed by atoms with Crippen molar-refractivity contribution in [3.8, 4) is 11.8 Å². The summed E-state index contributed by atoms with van der Waals surface area (Å²) in [6.45, 7) is 8.35. The summed E-state index contributed by atoms with van der Waals surface area (Å²) in [6.07, 6.45) is 2.31. The van der Waals surface area contributed by atoms with Gasteiger partial charge in [0.25, 0.3) is 0 Å². The molecule has 0 fully saturated rings. The van der Waals surface area contributed by atoms with Crippen LogP contribution in [-0.2, 0) is 6.54 Å². The van der Waals surface area contributed by atoms with Crippen molar-refractivity contribution < 1.29 is 5.11 Å². The van der Waals surface area contributed by atoms with E-state index >= 15 is 0 Å². The molecule has 140 valence electrons. The molecule has 0 bridgehead atoms. The van der Waals surface area contributed by atoms with E-state index in [-0.39, 0.29) is 6.04 Å². The van der Waals surface area contributed by atoms with Crippen molar-refractivity contribution in [3.63, 3.8) is 0 Å². The van der Waals surface area contributed by atoms with Crippen LogP contribution in [0.25, 0.3) is 11.2 Å². The predicted molar refractivity (Wildman–Crippen MR) is 107 cm³/mol. The minimum Gasteiger partial charge on any atom is -0.378 e. The first-order valence-electron chi connectivity index (χ1n) is 9.17. The summed E-state index contributed by atoms with van der Waals surface area (Å²) in [7, 11) is 0. The SMILES string of the molecule is CC[C@](C)(O)C#Cc1nc(NCc2ccccc2)c2ncn(C(C)C)c2n1. The van der Waals surface area contributed by atoms with Gasteiger partial charge in [0, 0.05) is 12.6 Å². The van der Waals surface area contributed by atoms with Crippen LogP contribution in [0.5, 0.6) is 0 Å². The lowest BCUT2D eigenvalue weighted by Crippen LogP contribution is -2.19. The third-order valence-corrected chi connectivity index (χ3v) is 4.41. The molecule has 0 spiro atoms. The maximum atomic E-state index is 10.2. The molecule has 0 aliphatic heterocycles. The van der Waals surface area contributed by atoms with Crippen LogP contribution in [0.15, 0.2) is 36.7 Å². The van der Waals surface area contributed by atoms with Crippen molar-refractivity contribution >= 4 is 17.0 Å². The summed E-state index contributed by atoms with van der Waals surface area (Å²) >= 11 is 0. The van der Waals surface area contributed by atoms with E-state index in [0.29, 0.717) is 30.1 Å². The number of nitrogens with zero attached hydrogens (tertiary/aromatic N) is 4. The van der Waals surface area contributed by atoms with Crippen molar-refractivity contribution in [3.05, 3.63) is 48.0 Å². The molecule has 6 heteroatoms. The van der Waals surface area contributed by atoms with Crippen LogP contribution in [0.4, 0.5) is 5.82 Å². The molecule has 3 rings (SSSR count). The van der Waals surface area contributed by atoms with E-state index in [0.717, 1.165) is 11.2 Å². The highest BCUT2D eigenvalue weighted by molar-refractivity contribution is 5.83. The molecule has 0 amide bonds. The molecule has 0 aliphatic rings. The van der Waals surface area contributed by atoms with Gasteiger partial charge in [-0.15, -0.1) is 0 Å². The molecule has 0 saturated heterocycles. The molecule has 0 aliphatic carbocycles. The highest BCUT2D eigenvalue weighted by Crippen LogP contribution is 2.22. The van der Waals surface area contributed by atoms with Crippen molar-refractivity contribution in [1.82, 2.24) is 19.5 Å². The monoisotopic (exact) mass is 363 g/mol. The fraction of sp³-hybridized carbons (Fsp3) is 0.381. The standard InChI is InChI=1S/C21H25N5O/c1-5-21(4,27)12-11-17-24-19(22-13-16-9-7-6-8-10-16)18-20(25-17)26(14-23-18)15(2)3/h6-10,14-15,27H,5,13H2,1-4H3,(H,22,24,25)/t21-/m0/s1. The van der Waals surface area contributed by atoms with Gasteiger partial charge >= 0.3 is 0 Å². The van der Waals surface area contributed by atoms with Crippen LogP contribution in [0.3, 0.4) is 0 Å². The second-order valence-electron chi connectivity index (χ2n) is 7.03. The number of nitrogens with one attached hydrogen (secondary N) is 1. The largest absolute Gasteiger partial charge is 0.378 e. The van der Waals surface area contributed by atoms with E-state index in [2.05, 4.69) is 58.1 Å². The molecule has 3 aromatic rings. The van der Waals surface area contributed by atoms with Crippen molar-refractivity contribution in [2.24, 2.45) is 0 Å². The number of aromatic nitrogens is 4. The Labute approximate surface area is 159 Å². The summed E-state index contributed by atoms with van der Waals surface area (Å²) in [6, 6.07) is 10.3. The average Bonchev–Trinajstić information content (AvgIpc) is 3.10. The Morgan fingerprint density at radius 3 is 2.63 bits per heavy atom. The van der Waals surface area contributed by atoms with E-state index < -0.39 is 5.60 Å². The first-order valence-corrected chi connectivity index (χ1v) is 9.17. The summed E-state index contributed by atoms with van der Waals surface area (Å²) in [4.78, 5) is 13.6. The lowest BCUT2D eigenvalue weighted by atomic mass is 10.1. The maximum Gasteiger partial charge on any atom is 0.209 e. The van der Waals surface area contributed by atoms with Gasteiger partial charge in [-0.2, -0.15) is 0 Å². The summed E-state index contributed by atoms with van der Waals surface area (Å²) < 4.78 is 1.99. The van der Waals surface area contributed by atoms with E-state index in [4.69, 9.17) is 0 Å². The number of imidazole rings is 1. The zero-order valence-corrected chi connectivity index (χ0v) is 16.2. The number of benzene rings is 1. The minimum atomic E-state index is -1.06. The van der Waals surface area contributed by atoms with E-state index in [1.54, 1.807) is 13.3 Å². The van der Waals surface area contributed by atoms with Gasteiger partial charge in [0.1, 0.15) is 5.60 Å². The van der Waals surface area contributed by atoms with E-state index in [1.165, 1.54) is 0 Å². The molecular formula is C21H25N5O. The minimum absolute atomic E-state index is 0.214. The number of hydrogen-bond acceptors (Lipinski definition) is 5. The summed E-state index contributed by atoms with van der Waals surface area (Å²) in [5.74, 6) is 6.79. The molecule has 27 heavy (non-hydrogen) atoms. The number of fused-ring (bicyclic) bond motifs is 1. The first-order chi connectivity index (χ1) is 12.9. The Bertz CT molecular complexity index is 980. The van der Waals surface area contributed by atoms with Crippen LogP contribution >= 0.6 is 0 Å². The van der Waals surface area contributed by atoms with Gasteiger partial charge in [0.05, 0.1) is 6.33 Å². The normalized spacial score (nSPS) is 13.3. The molecule has 0 saturated carbocycles. The topological polar surface area (TPSA) is 75.9 Å². The van der Waals surface area contributed by atoms with Gasteiger partial charge in [0.2, 0.25) is 5.82 Å². The fourth-order valence-electron chi connectivity index (χ4n) is 2.53. The van der Waals surface area contributed by atoms with Crippen molar-refractivity contribution in [1.29, 1.82) is 0 Å². The molecule has 0 radical (unpaired) electrons. The van der Waals surface area contributed by atoms with E-state index in [9.17, 15) is 5.11 Å². The van der Waals surface area contributed by atoms with Crippen LogP contribution in [0.1, 0.15) is 51.5 Å². The highest BCUT2D eigenvalue weighted by atomic mass is 16.3. The molecule has 2 heterocycles. The van der Waals surface area contributed by atoms with Gasteiger partial charge in [0.15, 0.2) is 17.0 Å². The van der Waals surface area contributed by atoms with Gasteiger partial charge < -0.3 is 15.0 Å². The van der Waals surface area contributed by atoms with Crippen molar-refractivity contribution in [2.45, 2.75) is 52.3 Å². The first kappa shape index (κ1) is 18.9. The molecule has 6 nitrogen and oxygen atoms in total. The Morgan fingerprint density at radius 1 is 1.22 bits per heavy atom. The second-order valence-corrected chi connectivity index (χ2v) is 7.03. The zero-order valence-electron chi connectivity index (χ0n) is 16.2. The summed E-state index contributed by atoms with van der Waals surface area (Å²) in [5.41, 5.74) is 1.53. The quantitative estimate of drug-likeness (QED) is 0.678. The number of aliphatic hydroxyl groups is 1. The van der Waals surface area contributed by atoms with Gasteiger partial charge in [-0.3, -0.25) is 0 Å². The Hall–Kier alpha value is -2.91. The molecule has 2 N–H and O–H groups in total. The van der Waals surface area contributed by atoms with Crippen LogP contribution in [0.2, 0.25) is 0 Å². The smallest absolute Gasteiger partial charge is 0.209 e. The molecular weight excluding hydrogens is 338 g/mol. The second kappa shape index (κ2) is 7.77. The van der Waals surface area contributed by atoms with Gasteiger partial charge in [-0.1, -0.05) is 43.2 Å². The Morgan fingerprint density at radius 2 is 1.96 bits per heavy atom. The van der Waals surface area contributed by atoms with Crippen LogP contribution in [-0.4, -0.2) is 30.2 Å². The predicted octanol–water partition coefficient (Wildman–Crippen LogP) is 3.53. The average molecular weight is 363 g/mol. The number of rotatable bonds is 5. The number of hydrogen-bond donors (Lipinski definition) is 2. The lowest BCUT2D eigenvalue weighted by Gasteiger charge is -2.12. The highest BCUT2D eigenvalue weighted by Gasteiger charge is 2.16. The lowest BCUT2D eigenvalue weighted by molar-refractivity contribution is 0.118. The van der Waals surface area contributed by atoms with Crippen LogP contribution < -0.4 is 5.32 Å². The fourth-order valence-corrected chi connectivity index (χ4v) is 2.53. The van der Waals surface area contributed by atoms with Crippen LogP contribution in [0, 0.1) is 11.8 Å². The van der Waals surface area contributed by atoms with Gasteiger partial charge in [-0.05, 0) is 38.7 Å². The van der Waals surface area contributed by atoms with Crippen molar-refractivity contribution in [2.75, 3.05) is 5.32 Å². The molecule has 2 aromatic heterocycles.